The van der Waals surface area contributed by atoms with Gasteiger partial charge in [-0.1, -0.05) is 19.3 Å². The molecule has 3 fully saturated rings. The fraction of sp³-hybridized carbons (Fsp3) is 0.933. The number of carbonyl (C=O) groups is 1. The third kappa shape index (κ3) is 2.29. The number of hydrogen-bond acceptors (Lipinski definition) is 5. The fourth-order valence-corrected chi connectivity index (χ4v) is 4.59. The fourth-order valence-electron chi connectivity index (χ4n) is 4.59. The third-order valence-electron chi connectivity index (χ3n) is 5.37. The van der Waals surface area contributed by atoms with Crippen molar-refractivity contribution in [2.24, 2.45) is 5.92 Å². The molecule has 3 rings (SSSR count). The minimum Gasteiger partial charge on any atom is -0.456 e. The van der Waals surface area contributed by atoms with Crippen LogP contribution in [0.1, 0.15) is 51.9 Å². The molecule has 0 spiro atoms. The van der Waals surface area contributed by atoms with Crippen LogP contribution in [-0.2, 0) is 14.3 Å². The molecule has 122 valence electrons. The summed E-state index contributed by atoms with van der Waals surface area (Å²) in [7, 11) is 0. The Hall–Kier alpha value is -0.690. The summed E-state index contributed by atoms with van der Waals surface area (Å²) in [6.45, 7) is 1.81. The first-order valence-corrected chi connectivity index (χ1v) is 7.73. The molecule has 2 saturated carbocycles. The van der Waals surface area contributed by atoms with Crippen molar-refractivity contribution in [1.82, 2.24) is 0 Å². The Labute approximate surface area is 124 Å². The van der Waals surface area contributed by atoms with E-state index in [2.05, 4.69) is 0 Å². The Morgan fingerprint density at radius 3 is 2.67 bits per heavy atom. The van der Waals surface area contributed by atoms with E-state index in [1.54, 1.807) is 0 Å². The largest absolute Gasteiger partial charge is 0.456 e. The summed E-state index contributed by atoms with van der Waals surface area (Å²) in [5.41, 5.74) is -1.98. The van der Waals surface area contributed by atoms with E-state index in [9.17, 15) is 15.0 Å². The van der Waals surface area contributed by atoms with E-state index in [0.29, 0.717) is 13.0 Å². The topological polar surface area (TPSA) is 107 Å². The summed E-state index contributed by atoms with van der Waals surface area (Å²) in [4.78, 5) is 11.5. The lowest BCUT2D eigenvalue weighted by Crippen LogP contribution is -2.84. The molecule has 0 aromatic heterocycles. The van der Waals surface area contributed by atoms with Gasteiger partial charge in [-0.15, -0.1) is 0 Å². The molecule has 0 bridgehead atoms. The number of fused-ring (bicyclic) bond motifs is 4. The minimum atomic E-state index is -1.24. The predicted octanol–water partition coefficient (Wildman–Crippen LogP) is 0.329. The second-order valence-corrected chi connectivity index (χ2v) is 6.50. The van der Waals surface area contributed by atoms with E-state index in [0.717, 1.165) is 38.5 Å². The van der Waals surface area contributed by atoms with Gasteiger partial charge in [0, 0.05) is 19.4 Å². The van der Waals surface area contributed by atoms with E-state index in [1.165, 1.54) is 6.92 Å². The molecule has 1 saturated heterocycles. The van der Waals surface area contributed by atoms with Crippen LogP contribution in [0.3, 0.4) is 0 Å². The number of esters is 1. The zero-order chi connectivity index (χ0) is 14.4. The Morgan fingerprint density at radius 1 is 1.24 bits per heavy atom. The lowest BCUT2D eigenvalue weighted by Gasteiger charge is -2.67. The van der Waals surface area contributed by atoms with Gasteiger partial charge in [-0.25, -0.2) is 0 Å². The molecular formula is C15H26O6. The van der Waals surface area contributed by atoms with Gasteiger partial charge < -0.3 is 25.2 Å². The molecule has 0 aromatic carbocycles. The van der Waals surface area contributed by atoms with E-state index in [1.807, 2.05) is 0 Å². The van der Waals surface area contributed by atoms with Gasteiger partial charge in [0.2, 0.25) is 0 Å². The molecule has 0 aromatic rings. The van der Waals surface area contributed by atoms with E-state index in [-0.39, 0.29) is 17.4 Å². The summed E-state index contributed by atoms with van der Waals surface area (Å²) in [5, 5.41) is 21.2. The highest BCUT2D eigenvalue weighted by Crippen LogP contribution is 2.60. The van der Waals surface area contributed by atoms with Crippen molar-refractivity contribution in [3.8, 4) is 0 Å². The molecule has 21 heavy (non-hydrogen) atoms. The summed E-state index contributed by atoms with van der Waals surface area (Å²) in [5.74, 6) is -0.541. The first-order chi connectivity index (χ1) is 9.52. The van der Waals surface area contributed by atoms with Gasteiger partial charge in [-0.2, -0.15) is 0 Å². The van der Waals surface area contributed by atoms with Gasteiger partial charge in [-0.3, -0.25) is 4.79 Å². The maximum absolute atomic E-state index is 11.5. The van der Waals surface area contributed by atoms with Gasteiger partial charge in [0.15, 0.2) is 0 Å². The number of hydrogen-bond donors (Lipinski definition) is 2. The van der Waals surface area contributed by atoms with Crippen molar-refractivity contribution in [3.05, 3.63) is 0 Å². The molecule has 0 amide bonds. The van der Waals surface area contributed by atoms with Crippen molar-refractivity contribution in [2.45, 2.75) is 75.3 Å². The van der Waals surface area contributed by atoms with Gasteiger partial charge >= 0.3 is 5.97 Å². The van der Waals surface area contributed by atoms with Crippen LogP contribution in [0.15, 0.2) is 0 Å². The Bertz CT molecular complexity index is 400. The van der Waals surface area contributed by atoms with Gasteiger partial charge in [0.1, 0.15) is 17.3 Å². The van der Waals surface area contributed by atoms with Crippen LogP contribution in [0, 0.1) is 5.92 Å². The summed E-state index contributed by atoms with van der Waals surface area (Å²) < 4.78 is 11.4. The molecular weight excluding hydrogens is 276 g/mol. The number of aliphatic hydroxyl groups is 2. The molecule has 0 unspecified atom stereocenters. The zero-order valence-corrected chi connectivity index (χ0v) is 12.5. The van der Waals surface area contributed by atoms with Crippen LogP contribution >= 0.6 is 0 Å². The second kappa shape index (κ2) is 5.83. The number of aliphatic hydroxyl groups excluding tert-OH is 1. The van der Waals surface area contributed by atoms with Gasteiger partial charge in [0.05, 0.1) is 6.10 Å². The van der Waals surface area contributed by atoms with E-state index >= 15 is 0 Å². The summed E-state index contributed by atoms with van der Waals surface area (Å²) in [6, 6.07) is 0. The molecule has 3 aliphatic rings. The van der Waals surface area contributed by atoms with Crippen LogP contribution in [0.4, 0.5) is 0 Å². The summed E-state index contributed by atoms with van der Waals surface area (Å²) >= 11 is 0. The van der Waals surface area contributed by atoms with Crippen LogP contribution in [-0.4, -0.2) is 51.7 Å². The molecule has 6 nitrogen and oxygen atoms in total. The maximum atomic E-state index is 11.5. The minimum absolute atomic E-state index is 0. The molecule has 2 aliphatic carbocycles. The first kappa shape index (κ1) is 16.7. The van der Waals surface area contributed by atoms with Crippen molar-refractivity contribution in [1.29, 1.82) is 0 Å². The summed E-state index contributed by atoms with van der Waals surface area (Å²) in [6.07, 6.45) is 4.79. The molecule has 0 radical (unpaired) electrons. The highest BCUT2D eigenvalue weighted by Gasteiger charge is 2.76. The highest BCUT2D eigenvalue weighted by molar-refractivity contribution is 5.67. The monoisotopic (exact) mass is 302 g/mol. The van der Waals surface area contributed by atoms with Crippen LogP contribution in [0.25, 0.3) is 0 Å². The van der Waals surface area contributed by atoms with Crippen molar-refractivity contribution < 1.29 is 30.0 Å². The lowest BCUT2D eigenvalue weighted by molar-refractivity contribution is -0.376. The molecule has 1 heterocycles. The average Bonchev–Trinajstić information content (AvgIpc) is 2.36. The number of ether oxygens (including phenoxy) is 2. The number of rotatable bonds is 1. The van der Waals surface area contributed by atoms with Crippen LogP contribution in [0.2, 0.25) is 0 Å². The smallest absolute Gasteiger partial charge is 0.303 e. The van der Waals surface area contributed by atoms with E-state index < -0.39 is 23.4 Å². The number of carbonyl (C=O) groups excluding carboxylic acids is 1. The average molecular weight is 302 g/mol. The Balaban J connectivity index is 0.00000161. The second-order valence-electron chi connectivity index (χ2n) is 6.50. The quantitative estimate of drug-likeness (QED) is 0.679. The standard InChI is InChI=1S/C15H24O5.H2O/c1-10(16)20-14-8-5-3-2-4-6-11(14)15(18)12(17)7-9-19-13(14)15;/h11-13,17-18H,2-9H2,1H3;1H2/t11-,12+,13-,14-,15+;/m1./s1. The molecule has 5 atom stereocenters. The Morgan fingerprint density at radius 2 is 1.95 bits per heavy atom. The van der Waals surface area contributed by atoms with Crippen LogP contribution < -0.4 is 0 Å². The Kier molecular flexibility index (Phi) is 4.63. The maximum Gasteiger partial charge on any atom is 0.303 e. The molecule has 6 heteroatoms. The van der Waals surface area contributed by atoms with Crippen LogP contribution in [0.5, 0.6) is 0 Å². The zero-order valence-electron chi connectivity index (χ0n) is 12.5. The van der Waals surface area contributed by atoms with Gasteiger partial charge in [0.25, 0.3) is 0 Å². The molecule has 1 aliphatic heterocycles. The highest BCUT2D eigenvalue weighted by atomic mass is 16.6. The van der Waals surface area contributed by atoms with Crippen molar-refractivity contribution in [3.63, 3.8) is 0 Å². The van der Waals surface area contributed by atoms with Gasteiger partial charge in [-0.05, 0) is 25.7 Å². The van der Waals surface area contributed by atoms with Crippen molar-refractivity contribution in [2.75, 3.05) is 6.61 Å². The normalized spacial score (nSPS) is 45.8. The van der Waals surface area contributed by atoms with E-state index in [4.69, 9.17) is 9.47 Å². The third-order valence-corrected chi connectivity index (χ3v) is 5.37. The molecule has 4 N–H and O–H groups in total. The SMILES string of the molecule is CC(=O)O[C@]12CCCCCC[C@H]1[C@@]1(O)[C@@H]2OCC[C@@H]1O.O. The predicted molar refractivity (Wildman–Crippen MR) is 74.6 cm³/mol. The van der Waals surface area contributed by atoms with Crippen molar-refractivity contribution >= 4 is 5.97 Å². The lowest BCUT2D eigenvalue weighted by atomic mass is 9.49. The first-order valence-electron chi connectivity index (χ1n) is 7.73.